The Hall–Kier alpha value is -1.88. The molecule has 1 aliphatic heterocycles. The van der Waals surface area contributed by atoms with Gasteiger partial charge in [-0.05, 0) is 12.5 Å². The van der Waals surface area contributed by atoms with Gasteiger partial charge < -0.3 is 15.0 Å². The standard InChI is InChI=1S/C12H14N4O/c17-11-2-4-16(8-11)12-14-6-10(7-15-12)9-1-3-13-5-9/h1,3,5-7,11,13,17H,2,4,8H2. The van der Waals surface area contributed by atoms with Crippen LogP contribution in [0.1, 0.15) is 6.42 Å². The Bertz CT molecular complexity index is 480. The van der Waals surface area contributed by atoms with Crippen molar-refractivity contribution in [1.29, 1.82) is 0 Å². The molecule has 0 amide bonds. The van der Waals surface area contributed by atoms with Crippen LogP contribution in [0.5, 0.6) is 0 Å². The lowest BCUT2D eigenvalue weighted by Crippen LogP contribution is -2.23. The molecule has 0 saturated carbocycles. The highest BCUT2D eigenvalue weighted by molar-refractivity contribution is 5.61. The highest BCUT2D eigenvalue weighted by atomic mass is 16.3. The molecule has 1 fully saturated rings. The molecule has 17 heavy (non-hydrogen) atoms. The first-order chi connectivity index (χ1) is 8.33. The maximum Gasteiger partial charge on any atom is 0.225 e. The molecule has 5 heteroatoms. The molecule has 2 aromatic rings. The largest absolute Gasteiger partial charge is 0.391 e. The van der Waals surface area contributed by atoms with Crippen molar-refractivity contribution in [3.63, 3.8) is 0 Å². The third-order valence-electron chi connectivity index (χ3n) is 3.02. The highest BCUT2D eigenvalue weighted by Gasteiger charge is 2.22. The number of aliphatic hydroxyl groups excluding tert-OH is 1. The van der Waals surface area contributed by atoms with Crippen LogP contribution in [0.25, 0.3) is 11.1 Å². The van der Waals surface area contributed by atoms with E-state index in [-0.39, 0.29) is 6.10 Å². The molecule has 1 atom stereocenters. The van der Waals surface area contributed by atoms with Gasteiger partial charge in [0.05, 0.1) is 6.10 Å². The fourth-order valence-corrected chi connectivity index (χ4v) is 2.06. The van der Waals surface area contributed by atoms with Gasteiger partial charge in [0.25, 0.3) is 0 Å². The molecule has 88 valence electrons. The van der Waals surface area contributed by atoms with E-state index in [1.807, 2.05) is 35.8 Å². The van der Waals surface area contributed by atoms with E-state index in [0.717, 1.165) is 24.1 Å². The second-order valence-electron chi connectivity index (χ2n) is 4.26. The maximum atomic E-state index is 9.46. The lowest BCUT2D eigenvalue weighted by Gasteiger charge is -2.14. The first-order valence-corrected chi connectivity index (χ1v) is 5.71. The lowest BCUT2D eigenvalue weighted by atomic mass is 10.2. The number of hydrogen-bond acceptors (Lipinski definition) is 4. The Morgan fingerprint density at radius 2 is 2.12 bits per heavy atom. The predicted octanol–water partition coefficient (Wildman–Crippen LogP) is 1.04. The number of β-amino-alcohol motifs (C(OH)–C–C–N with tert-alkyl or cyclic N) is 1. The van der Waals surface area contributed by atoms with Crippen LogP contribution in [-0.4, -0.2) is 39.3 Å². The minimum atomic E-state index is -0.247. The molecule has 1 saturated heterocycles. The first kappa shape index (κ1) is 10.3. The number of aromatic nitrogens is 3. The van der Waals surface area contributed by atoms with E-state index in [1.54, 1.807) is 0 Å². The molecule has 2 aromatic heterocycles. The summed E-state index contributed by atoms with van der Waals surface area (Å²) in [6, 6.07) is 1.98. The Morgan fingerprint density at radius 1 is 1.29 bits per heavy atom. The van der Waals surface area contributed by atoms with Crippen molar-refractivity contribution < 1.29 is 5.11 Å². The zero-order valence-electron chi connectivity index (χ0n) is 9.37. The second-order valence-corrected chi connectivity index (χ2v) is 4.26. The quantitative estimate of drug-likeness (QED) is 0.809. The minimum absolute atomic E-state index is 0.247. The van der Waals surface area contributed by atoms with Gasteiger partial charge in [-0.3, -0.25) is 0 Å². The smallest absolute Gasteiger partial charge is 0.225 e. The van der Waals surface area contributed by atoms with E-state index < -0.39 is 0 Å². The molecule has 2 N–H and O–H groups in total. The molecule has 1 unspecified atom stereocenters. The number of nitrogens with zero attached hydrogens (tertiary/aromatic N) is 3. The summed E-state index contributed by atoms with van der Waals surface area (Å²) in [5.74, 6) is 0.695. The third-order valence-corrected chi connectivity index (χ3v) is 3.02. The summed E-state index contributed by atoms with van der Waals surface area (Å²) in [4.78, 5) is 13.7. The average molecular weight is 230 g/mol. The van der Waals surface area contributed by atoms with Gasteiger partial charge in [0.1, 0.15) is 0 Å². The fourth-order valence-electron chi connectivity index (χ4n) is 2.06. The average Bonchev–Trinajstić information content (AvgIpc) is 3.00. The van der Waals surface area contributed by atoms with Crippen LogP contribution in [0.2, 0.25) is 0 Å². The molecular formula is C12H14N4O. The molecule has 3 heterocycles. The molecule has 3 rings (SSSR count). The molecule has 0 aliphatic carbocycles. The number of rotatable bonds is 2. The summed E-state index contributed by atoms with van der Waals surface area (Å²) in [5, 5.41) is 9.46. The van der Waals surface area contributed by atoms with Crippen LogP contribution < -0.4 is 4.90 Å². The maximum absolute atomic E-state index is 9.46. The van der Waals surface area contributed by atoms with Crippen molar-refractivity contribution in [3.8, 4) is 11.1 Å². The number of hydrogen-bond donors (Lipinski definition) is 2. The number of H-pyrrole nitrogens is 1. The van der Waals surface area contributed by atoms with Gasteiger partial charge in [0, 0.05) is 49.0 Å². The van der Waals surface area contributed by atoms with Gasteiger partial charge in [-0.2, -0.15) is 0 Å². The summed E-state index contributed by atoms with van der Waals surface area (Å²) < 4.78 is 0. The summed E-state index contributed by atoms with van der Waals surface area (Å²) >= 11 is 0. The minimum Gasteiger partial charge on any atom is -0.391 e. The van der Waals surface area contributed by atoms with Gasteiger partial charge >= 0.3 is 0 Å². The van der Waals surface area contributed by atoms with Crippen LogP contribution in [0, 0.1) is 0 Å². The van der Waals surface area contributed by atoms with Crippen molar-refractivity contribution in [3.05, 3.63) is 30.9 Å². The van der Waals surface area contributed by atoms with E-state index in [0.29, 0.717) is 12.5 Å². The number of anilines is 1. The zero-order chi connectivity index (χ0) is 11.7. The Labute approximate surface area is 99.1 Å². The molecule has 5 nitrogen and oxygen atoms in total. The highest BCUT2D eigenvalue weighted by Crippen LogP contribution is 2.20. The summed E-state index contributed by atoms with van der Waals surface area (Å²) in [5.41, 5.74) is 2.08. The number of aliphatic hydroxyl groups is 1. The van der Waals surface area contributed by atoms with E-state index in [1.165, 1.54) is 0 Å². The van der Waals surface area contributed by atoms with Crippen molar-refractivity contribution in [1.82, 2.24) is 15.0 Å². The van der Waals surface area contributed by atoms with E-state index in [9.17, 15) is 5.11 Å². The van der Waals surface area contributed by atoms with Gasteiger partial charge in [-0.25, -0.2) is 9.97 Å². The lowest BCUT2D eigenvalue weighted by molar-refractivity contribution is 0.198. The van der Waals surface area contributed by atoms with Crippen molar-refractivity contribution in [2.75, 3.05) is 18.0 Å². The van der Waals surface area contributed by atoms with Crippen LogP contribution in [0.4, 0.5) is 5.95 Å². The predicted molar refractivity (Wildman–Crippen MR) is 64.7 cm³/mol. The topological polar surface area (TPSA) is 65.0 Å². The van der Waals surface area contributed by atoms with Gasteiger partial charge in [0.2, 0.25) is 5.95 Å². The van der Waals surface area contributed by atoms with Crippen molar-refractivity contribution >= 4 is 5.95 Å². The summed E-state index contributed by atoms with van der Waals surface area (Å²) in [6.45, 7) is 1.45. The van der Waals surface area contributed by atoms with Gasteiger partial charge in [-0.1, -0.05) is 0 Å². The van der Waals surface area contributed by atoms with Crippen LogP contribution in [0.3, 0.4) is 0 Å². The monoisotopic (exact) mass is 230 g/mol. The normalized spacial score (nSPS) is 19.8. The van der Waals surface area contributed by atoms with Crippen LogP contribution >= 0.6 is 0 Å². The Balaban J connectivity index is 1.81. The molecule has 0 spiro atoms. The van der Waals surface area contributed by atoms with Gasteiger partial charge in [0.15, 0.2) is 0 Å². The van der Waals surface area contributed by atoms with Gasteiger partial charge in [-0.15, -0.1) is 0 Å². The zero-order valence-corrected chi connectivity index (χ0v) is 9.37. The third kappa shape index (κ3) is 2.01. The SMILES string of the molecule is OC1CCN(c2ncc(-c3cc[nH]c3)cn2)C1. The van der Waals surface area contributed by atoms with Crippen molar-refractivity contribution in [2.45, 2.75) is 12.5 Å². The molecule has 0 radical (unpaired) electrons. The molecule has 0 aromatic carbocycles. The van der Waals surface area contributed by atoms with Crippen molar-refractivity contribution in [2.24, 2.45) is 0 Å². The Kier molecular flexibility index (Phi) is 2.53. The van der Waals surface area contributed by atoms with E-state index in [4.69, 9.17) is 0 Å². The van der Waals surface area contributed by atoms with E-state index >= 15 is 0 Å². The Morgan fingerprint density at radius 3 is 2.71 bits per heavy atom. The van der Waals surface area contributed by atoms with E-state index in [2.05, 4.69) is 15.0 Å². The summed E-state index contributed by atoms with van der Waals surface area (Å²) in [6.07, 6.45) is 7.97. The molecule has 0 bridgehead atoms. The second kappa shape index (κ2) is 4.18. The van der Waals surface area contributed by atoms with Crippen LogP contribution in [-0.2, 0) is 0 Å². The molecule has 1 aliphatic rings. The van der Waals surface area contributed by atoms with Crippen LogP contribution in [0.15, 0.2) is 30.9 Å². The summed E-state index contributed by atoms with van der Waals surface area (Å²) in [7, 11) is 0. The fraction of sp³-hybridized carbons (Fsp3) is 0.333. The number of nitrogens with one attached hydrogen (secondary N) is 1. The molecular weight excluding hydrogens is 216 g/mol. The number of aromatic amines is 1. The first-order valence-electron chi connectivity index (χ1n) is 5.71.